The van der Waals surface area contributed by atoms with Crippen LogP contribution in [-0.4, -0.2) is 38.8 Å². The van der Waals surface area contributed by atoms with Gasteiger partial charge in [0.25, 0.3) is 5.91 Å². The Bertz CT molecular complexity index is 1270. The lowest BCUT2D eigenvalue weighted by Gasteiger charge is -2.22. The highest BCUT2D eigenvalue weighted by Crippen LogP contribution is 2.37. The molecule has 1 N–H and O–H groups in total. The van der Waals surface area contributed by atoms with E-state index in [1.165, 1.54) is 0 Å². The lowest BCUT2D eigenvalue weighted by Crippen LogP contribution is -2.37. The molecule has 34 heavy (non-hydrogen) atoms. The van der Waals surface area contributed by atoms with Gasteiger partial charge in [-0.05, 0) is 54.4 Å². The summed E-state index contributed by atoms with van der Waals surface area (Å²) in [5, 5.41) is 3.05. The summed E-state index contributed by atoms with van der Waals surface area (Å²) in [6.45, 7) is 2.04. The number of amides is 1. The van der Waals surface area contributed by atoms with Gasteiger partial charge in [0.1, 0.15) is 11.6 Å². The number of ether oxygens (including phenoxy) is 3. The number of hydrogen-bond donors (Lipinski definition) is 1. The summed E-state index contributed by atoms with van der Waals surface area (Å²) in [5.74, 6) is 1.65. The van der Waals surface area contributed by atoms with E-state index in [1.54, 1.807) is 45.6 Å². The number of benzene rings is 3. The molecule has 1 heterocycles. The van der Waals surface area contributed by atoms with Gasteiger partial charge in [-0.2, -0.15) is 0 Å². The number of methoxy groups -OCH3 is 3. The van der Waals surface area contributed by atoms with Crippen molar-refractivity contribution < 1.29 is 19.0 Å². The van der Waals surface area contributed by atoms with Gasteiger partial charge in [0.15, 0.2) is 11.5 Å². The smallest absolute Gasteiger partial charge is 0.256 e. The van der Waals surface area contributed by atoms with Crippen molar-refractivity contribution in [2.24, 2.45) is 9.98 Å². The largest absolute Gasteiger partial charge is 0.497 e. The Hall–Kier alpha value is -4.13. The summed E-state index contributed by atoms with van der Waals surface area (Å²) >= 11 is 0. The minimum atomic E-state index is -0.383. The molecule has 3 aromatic rings. The van der Waals surface area contributed by atoms with Crippen LogP contribution in [0.15, 0.2) is 76.7 Å². The molecule has 0 saturated carbocycles. The summed E-state index contributed by atoms with van der Waals surface area (Å²) in [6.07, 6.45) is 0.668. The van der Waals surface area contributed by atoms with Crippen LogP contribution in [0, 0.1) is 0 Å². The Balaban J connectivity index is 1.83. The fraction of sp³-hybridized carbons (Fsp3) is 0.222. The van der Waals surface area contributed by atoms with Crippen molar-refractivity contribution in [3.63, 3.8) is 0 Å². The molecule has 1 aliphatic rings. The van der Waals surface area contributed by atoms with Crippen molar-refractivity contribution in [2.45, 2.75) is 19.3 Å². The molecule has 1 amide bonds. The Morgan fingerprint density at radius 3 is 2.26 bits per heavy atom. The fourth-order valence-corrected chi connectivity index (χ4v) is 3.94. The Morgan fingerprint density at radius 2 is 1.59 bits per heavy atom. The first kappa shape index (κ1) is 23.0. The third kappa shape index (κ3) is 4.64. The number of carbonyl (C=O) groups excluding carboxylic acids is 1. The molecular formula is C27H27N3O4. The average molecular weight is 458 g/mol. The molecule has 4 rings (SSSR count). The first-order valence-corrected chi connectivity index (χ1v) is 11.0. The normalized spacial score (nSPS) is 14.8. The standard InChI is InChI=1S/C27H27N3O4/c1-5-20-25(17-13-14-23(33-3)24(16-17)34-4)26(29-22-12-7-6-11-21(22)28-20)30-27(31)18-9-8-10-19(15-18)32-2/h6-16,25H,5H2,1-4H3,(H,29,30,31)/t25-/m0/s1. The third-order valence-corrected chi connectivity index (χ3v) is 5.67. The predicted octanol–water partition coefficient (Wildman–Crippen LogP) is 5.45. The summed E-state index contributed by atoms with van der Waals surface area (Å²) in [5.41, 5.74) is 3.69. The maximum Gasteiger partial charge on any atom is 0.256 e. The van der Waals surface area contributed by atoms with E-state index in [9.17, 15) is 4.79 Å². The number of hydrogen-bond acceptors (Lipinski definition) is 6. The third-order valence-electron chi connectivity index (χ3n) is 5.67. The van der Waals surface area contributed by atoms with Crippen LogP contribution < -0.4 is 19.5 Å². The van der Waals surface area contributed by atoms with E-state index in [0.717, 1.165) is 17.0 Å². The molecule has 1 aliphatic heterocycles. The van der Waals surface area contributed by atoms with Gasteiger partial charge in [0.2, 0.25) is 0 Å². The second kappa shape index (κ2) is 10.2. The number of nitrogens with zero attached hydrogens (tertiary/aromatic N) is 2. The van der Waals surface area contributed by atoms with Gasteiger partial charge in [-0.3, -0.25) is 9.79 Å². The van der Waals surface area contributed by atoms with E-state index in [-0.39, 0.29) is 11.8 Å². The Kier molecular flexibility index (Phi) is 6.92. The van der Waals surface area contributed by atoms with Crippen molar-refractivity contribution in [3.8, 4) is 17.2 Å². The zero-order chi connectivity index (χ0) is 24.1. The van der Waals surface area contributed by atoms with Gasteiger partial charge in [0, 0.05) is 11.3 Å². The molecule has 0 bridgehead atoms. The molecule has 7 nitrogen and oxygen atoms in total. The van der Waals surface area contributed by atoms with Crippen LogP contribution in [0.3, 0.4) is 0 Å². The molecule has 1 atom stereocenters. The number of para-hydroxylation sites is 2. The Morgan fingerprint density at radius 1 is 0.853 bits per heavy atom. The molecule has 3 aromatic carbocycles. The van der Waals surface area contributed by atoms with E-state index in [2.05, 4.69) is 5.32 Å². The molecular weight excluding hydrogens is 430 g/mol. The van der Waals surface area contributed by atoms with Gasteiger partial charge in [0.05, 0.1) is 38.6 Å². The SMILES string of the molecule is CCC1=Nc2ccccc2N=C(NC(=O)c2cccc(OC)c2)[C@H]1c1ccc(OC)c(OC)c1. The molecule has 0 aliphatic carbocycles. The molecule has 7 heteroatoms. The molecule has 0 radical (unpaired) electrons. The van der Waals surface area contributed by atoms with Gasteiger partial charge in [-0.15, -0.1) is 0 Å². The first-order chi connectivity index (χ1) is 16.6. The lowest BCUT2D eigenvalue weighted by molar-refractivity contribution is 0.0976. The number of nitrogens with one attached hydrogen (secondary N) is 1. The zero-order valence-electron chi connectivity index (χ0n) is 19.7. The molecule has 0 aromatic heterocycles. The van der Waals surface area contributed by atoms with Crippen LogP contribution in [0.4, 0.5) is 11.4 Å². The lowest BCUT2D eigenvalue weighted by atomic mass is 9.90. The van der Waals surface area contributed by atoms with E-state index in [0.29, 0.717) is 40.8 Å². The van der Waals surface area contributed by atoms with E-state index < -0.39 is 0 Å². The van der Waals surface area contributed by atoms with Crippen molar-refractivity contribution in [1.29, 1.82) is 0 Å². The highest BCUT2D eigenvalue weighted by Gasteiger charge is 2.29. The molecule has 0 spiro atoms. The number of amidine groups is 1. The van der Waals surface area contributed by atoms with Gasteiger partial charge in [-0.1, -0.05) is 31.2 Å². The topological polar surface area (TPSA) is 81.5 Å². The highest BCUT2D eigenvalue weighted by atomic mass is 16.5. The average Bonchev–Trinajstić information content (AvgIpc) is 3.04. The van der Waals surface area contributed by atoms with Crippen LogP contribution in [-0.2, 0) is 0 Å². The molecule has 0 fully saturated rings. The van der Waals surface area contributed by atoms with Gasteiger partial charge < -0.3 is 19.5 Å². The second-order valence-corrected chi connectivity index (χ2v) is 7.68. The van der Waals surface area contributed by atoms with E-state index in [4.69, 9.17) is 24.2 Å². The number of carbonyl (C=O) groups is 1. The van der Waals surface area contributed by atoms with Gasteiger partial charge in [-0.25, -0.2) is 4.99 Å². The van der Waals surface area contributed by atoms with Crippen LogP contribution in [0.5, 0.6) is 17.2 Å². The van der Waals surface area contributed by atoms with Gasteiger partial charge >= 0.3 is 0 Å². The number of aliphatic imine (C=N–C) groups is 2. The molecule has 0 saturated heterocycles. The minimum absolute atomic E-state index is 0.280. The monoisotopic (exact) mass is 457 g/mol. The summed E-state index contributed by atoms with van der Waals surface area (Å²) in [6, 6.07) is 20.3. The quantitative estimate of drug-likeness (QED) is 0.533. The molecule has 174 valence electrons. The fourth-order valence-electron chi connectivity index (χ4n) is 3.94. The van der Waals surface area contributed by atoms with Crippen molar-refractivity contribution in [3.05, 3.63) is 77.9 Å². The van der Waals surface area contributed by atoms with Crippen molar-refractivity contribution >= 4 is 28.8 Å². The van der Waals surface area contributed by atoms with Crippen molar-refractivity contribution in [2.75, 3.05) is 21.3 Å². The maximum absolute atomic E-state index is 13.3. The summed E-state index contributed by atoms with van der Waals surface area (Å²) < 4.78 is 16.2. The van der Waals surface area contributed by atoms with Crippen LogP contribution in [0.25, 0.3) is 0 Å². The summed E-state index contributed by atoms with van der Waals surface area (Å²) in [7, 11) is 4.76. The van der Waals surface area contributed by atoms with Crippen LogP contribution >= 0.6 is 0 Å². The van der Waals surface area contributed by atoms with Crippen molar-refractivity contribution in [1.82, 2.24) is 5.32 Å². The Labute approximate surface area is 199 Å². The first-order valence-electron chi connectivity index (χ1n) is 11.0. The predicted molar refractivity (Wildman–Crippen MR) is 134 cm³/mol. The van der Waals surface area contributed by atoms with E-state index in [1.807, 2.05) is 49.4 Å². The zero-order valence-corrected chi connectivity index (χ0v) is 19.7. The highest BCUT2D eigenvalue weighted by molar-refractivity contribution is 6.19. The molecule has 0 unspecified atom stereocenters. The van der Waals surface area contributed by atoms with Crippen LogP contribution in [0.2, 0.25) is 0 Å². The minimum Gasteiger partial charge on any atom is -0.497 e. The van der Waals surface area contributed by atoms with Crippen LogP contribution in [0.1, 0.15) is 35.2 Å². The number of fused-ring (bicyclic) bond motifs is 1. The maximum atomic E-state index is 13.3. The second-order valence-electron chi connectivity index (χ2n) is 7.68. The number of rotatable bonds is 6. The van der Waals surface area contributed by atoms with E-state index >= 15 is 0 Å². The summed E-state index contributed by atoms with van der Waals surface area (Å²) in [4.78, 5) is 23.1.